The highest BCUT2D eigenvalue weighted by Crippen LogP contribution is 2.30. The molecule has 0 fully saturated rings. The first-order chi connectivity index (χ1) is 13.6. The summed E-state index contributed by atoms with van der Waals surface area (Å²) in [6.07, 6.45) is 3.64. The number of amides is 1. The number of ether oxygens (including phenoxy) is 2. The van der Waals surface area contributed by atoms with E-state index in [4.69, 9.17) is 9.47 Å². The monoisotopic (exact) mass is 397 g/mol. The molecule has 0 saturated heterocycles. The molecule has 146 valence electrons. The number of thioether (sulfide) groups is 1. The molecule has 1 N–H and O–H groups in total. The number of carbonyl (C=O) groups excluding carboxylic acids is 1. The van der Waals surface area contributed by atoms with Crippen LogP contribution in [0.15, 0.2) is 60.0 Å². The number of aryl methyl sites for hydroxylation is 1. The van der Waals surface area contributed by atoms with Crippen molar-refractivity contribution in [3.05, 3.63) is 60.4 Å². The van der Waals surface area contributed by atoms with Crippen molar-refractivity contribution in [2.45, 2.75) is 19.0 Å². The lowest BCUT2D eigenvalue weighted by molar-refractivity contribution is -0.113. The molecule has 0 saturated carbocycles. The van der Waals surface area contributed by atoms with E-state index in [1.165, 1.54) is 11.8 Å². The van der Waals surface area contributed by atoms with Crippen molar-refractivity contribution in [3.8, 4) is 17.2 Å². The second kappa shape index (κ2) is 9.32. The highest BCUT2D eigenvalue weighted by Gasteiger charge is 2.12. The number of methoxy groups -OCH3 is 1. The van der Waals surface area contributed by atoms with Crippen LogP contribution in [0.4, 0.5) is 5.69 Å². The molecule has 1 aromatic heterocycles. The zero-order valence-corrected chi connectivity index (χ0v) is 17.0. The quantitative estimate of drug-likeness (QED) is 0.574. The normalized spacial score (nSPS) is 10.5. The molecule has 0 unspecified atom stereocenters. The van der Waals surface area contributed by atoms with Gasteiger partial charge in [-0.25, -0.2) is 4.98 Å². The summed E-state index contributed by atoms with van der Waals surface area (Å²) in [6, 6.07) is 13.4. The minimum Gasteiger partial charge on any atom is -0.493 e. The fourth-order valence-corrected chi connectivity index (χ4v) is 3.53. The third-order valence-electron chi connectivity index (χ3n) is 4.06. The average Bonchev–Trinajstić information content (AvgIpc) is 3.16. The van der Waals surface area contributed by atoms with Crippen molar-refractivity contribution in [1.82, 2.24) is 9.55 Å². The second-order valence-corrected chi connectivity index (χ2v) is 6.94. The van der Waals surface area contributed by atoms with Gasteiger partial charge in [-0.05, 0) is 37.6 Å². The molecule has 1 amide bonds. The minimum absolute atomic E-state index is 0.115. The van der Waals surface area contributed by atoms with Crippen LogP contribution in [0.3, 0.4) is 0 Å². The molecule has 0 aliphatic carbocycles. The van der Waals surface area contributed by atoms with Gasteiger partial charge < -0.3 is 14.8 Å². The summed E-state index contributed by atoms with van der Waals surface area (Å²) in [5, 5.41) is 3.66. The topological polar surface area (TPSA) is 65.4 Å². The van der Waals surface area contributed by atoms with E-state index in [1.54, 1.807) is 31.5 Å². The average molecular weight is 398 g/mol. The number of hydrogen-bond acceptors (Lipinski definition) is 5. The molecule has 28 heavy (non-hydrogen) atoms. The number of nitrogens with one attached hydrogen (secondary N) is 1. The zero-order chi connectivity index (χ0) is 19.9. The number of anilines is 1. The predicted octanol–water partition coefficient (Wildman–Crippen LogP) is 4.32. The Hall–Kier alpha value is -2.93. The van der Waals surface area contributed by atoms with Crippen LogP contribution in [0.25, 0.3) is 5.69 Å². The first-order valence-electron chi connectivity index (χ1n) is 8.95. The van der Waals surface area contributed by atoms with Crippen LogP contribution in [0.1, 0.15) is 12.5 Å². The summed E-state index contributed by atoms with van der Waals surface area (Å²) in [6.45, 7) is 4.51. The number of imidazole rings is 1. The van der Waals surface area contributed by atoms with Crippen LogP contribution in [0.2, 0.25) is 0 Å². The van der Waals surface area contributed by atoms with Gasteiger partial charge in [0.2, 0.25) is 5.91 Å². The summed E-state index contributed by atoms with van der Waals surface area (Å²) >= 11 is 1.39. The Morgan fingerprint density at radius 3 is 2.79 bits per heavy atom. The highest BCUT2D eigenvalue weighted by atomic mass is 32.2. The maximum Gasteiger partial charge on any atom is 0.234 e. The molecule has 7 heteroatoms. The molecule has 3 aromatic rings. The van der Waals surface area contributed by atoms with Gasteiger partial charge in [-0.2, -0.15) is 0 Å². The van der Waals surface area contributed by atoms with Gasteiger partial charge in [0.05, 0.1) is 25.2 Å². The lowest BCUT2D eigenvalue weighted by Gasteiger charge is -2.12. The van der Waals surface area contributed by atoms with Crippen LogP contribution in [-0.4, -0.2) is 34.9 Å². The molecule has 0 spiro atoms. The highest BCUT2D eigenvalue weighted by molar-refractivity contribution is 7.99. The van der Waals surface area contributed by atoms with Gasteiger partial charge in [0, 0.05) is 24.1 Å². The third kappa shape index (κ3) is 4.67. The van der Waals surface area contributed by atoms with Gasteiger partial charge in [-0.1, -0.05) is 30.0 Å². The van der Waals surface area contributed by atoms with Crippen molar-refractivity contribution in [2.24, 2.45) is 0 Å². The lowest BCUT2D eigenvalue weighted by atomic mass is 10.2. The van der Waals surface area contributed by atoms with Crippen molar-refractivity contribution >= 4 is 23.4 Å². The summed E-state index contributed by atoms with van der Waals surface area (Å²) in [5.41, 5.74) is 2.86. The molecule has 2 aromatic carbocycles. The Balaban J connectivity index is 1.64. The van der Waals surface area contributed by atoms with E-state index in [2.05, 4.69) is 23.3 Å². The molecule has 3 rings (SSSR count). The van der Waals surface area contributed by atoms with E-state index < -0.39 is 0 Å². The Morgan fingerprint density at radius 2 is 2.04 bits per heavy atom. The Morgan fingerprint density at radius 1 is 1.21 bits per heavy atom. The molecule has 0 aliphatic rings. The maximum absolute atomic E-state index is 12.4. The fraction of sp³-hybridized carbons (Fsp3) is 0.238. The number of para-hydroxylation sites is 1. The van der Waals surface area contributed by atoms with Gasteiger partial charge in [-0.3, -0.25) is 9.36 Å². The summed E-state index contributed by atoms with van der Waals surface area (Å²) in [5.74, 6) is 1.37. The van der Waals surface area contributed by atoms with E-state index in [9.17, 15) is 4.79 Å². The maximum atomic E-state index is 12.4. The van der Waals surface area contributed by atoms with Gasteiger partial charge in [-0.15, -0.1) is 0 Å². The number of aromatic nitrogens is 2. The summed E-state index contributed by atoms with van der Waals surface area (Å²) < 4.78 is 12.8. The number of hydrogen-bond donors (Lipinski definition) is 1. The van der Waals surface area contributed by atoms with Crippen LogP contribution < -0.4 is 14.8 Å². The third-order valence-corrected chi connectivity index (χ3v) is 5.03. The van der Waals surface area contributed by atoms with Crippen LogP contribution in [-0.2, 0) is 4.79 Å². The van der Waals surface area contributed by atoms with E-state index in [-0.39, 0.29) is 11.7 Å². The van der Waals surface area contributed by atoms with E-state index in [0.29, 0.717) is 23.8 Å². The minimum atomic E-state index is -0.115. The molecule has 0 aliphatic heterocycles. The zero-order valence-electron chi connectivity index (χ0n) is 16.1. The number of nitrogens with zero attached hydrogens (tertiary/aromatic N) is 2. The Labute approximate surface area is 168 Å². The van der Waals surface area contributed by atoms with Crippen LogP contribution in [0, 0.1) is 6.92 Å². The standard InChI is InChI=1S/C21H23N3O3S/c1-4-27-18-10-9-16(13-19(18)26-3)23-20(25)14-28-21-22-11-12-24(21)17-8-6-5-7-15(17)2/h5-13H,4,14H2,1-3H3,(H,23,25). The largest absolute Gasteiger partial charge is 0.493 e. The fourth-order valence-electron chi connectivity index (χ4n) is 2.76. The first kappa shape index (κ1) is 19.8. The smallest absolute Gasteiger partial charge is 0.234 e. The first-order valence-corrected chi connectivity index (χ1v) is 9.93. The second-order valence-electron chi connectivity index (χ2n) is 6.00. The van der Waals surface area contributed by atoms with Crippen molar-refractivity contribution in [2.75, 3.05) is 24.8 Å². The molecular weight excluding hydrogens is 374 g/mol. The van der Waals surface area contributed by atoms with Crippen LogP contribution in [0.5, 0.6) is 11.5 Å². The molecule has 0 radical (unpaired) electrons. The Kier molecular flexibility index (Phi) is 6.60. The van der Waals surface area contributed by atoms with Crippen molar-refractivity contribution < 1.29 is 14.3 Å². The van der Waals surface area contributed by atoms with E-state index in [0.717, 1.165) is 16.4 Å². The van der Waals surface area contributed by atoms with Gasteiger partial charge in [0.25, 0.3) is 0 Å². The summed E-state index contributed by atoms with van der Waals surface area (Å²) in [4.78, 5) is 16.8. The molecular formula is C21H23N3O3S. The number of benzene rings is 2. The molecule has 0 bridgehead atoms. The molecule has 1 heterocycles. The predicted molar refractivity (Wildman–Crippen MR) is 112 cm³/mol. The number of rotatable bonds is 8. The summed E-state index contributed by atoms with van der Waals surface area (Å²) in [7, 11) is 1.57. The van der Waals surface area contributed by atoms with Crippen molar-refractivity contribution in [1.29, 1.82) is 0 Å². The molecule has 6 nitrogen and oxygen atoms in total. The molecule has 0 atom stereocenters. The van der Waals surface area contributed by atoms with Crippen LogP contribution >= 0.6 is 11.8 Å². The lowest BCUT2D eigenvalue weighted by Crippen LogP contribution is -2.14. The van der Waals surface area contributed by atoms with Gasteiger partial charge in [0.1, 0.15) is 0 Å². The Bertz CT molecular complexity index is 956. The van der Waals surface area contributed by atoms with E-state index >= 15 is 0 Å². The van der Waals surface area contributed by atoms with E-state index in [1.807, 2.05) is 35.9 Å². The van der Waals surface area contributed by atoms with Crippen molar-refractivity contribution in [3.63, 3.8) is 0 Å². The van der Waals surface area contributed by atoms with Gasteiger partial charge in [0.15, 0.2) is 16.7 Å². The number of carbonyl (C=O) groups is 1. The van der Waals surface area contributed by atoms with Gasteiger partial charge >= 0.3 is 0 Å². The SMILES string of the molecule is CCOc1ccc(NC(=O)CSc2nccn2-c2ccccc2C)cc1OC.